The van der Waals surface area contributed by atoms with Crippen LogP contribution in [-0.2, 0) is 10.9 Å². The summed E-state index contributed by atoms with van der Waals surface area (Å²) in [5.41, 5.74) is -0.770. The predicted molar refractivity (Wildman–Crippen MR) is 111 cm³/mol. The fourth-order valence-corrected chi connectivity index (χ4v) is 4.91. The minimum Gasteiger partial charge on any atom is -0.384 e. The zero-order valence-corrected chi connectivity index (χ0v) is 17.6. The minimum atomic E-state index is -4.60. The molecular weight excluding hydrogens is 421 g/mol. The molecule has 0 radical (unpaired) electrons. The number of hydrogen-bond acceptors (Lipinski definition) is 5. The molecule has 1 amide bonds. The molecule has 9 heteroatoms. The van der Waals surface area contributed by atoms with Crippen molar-refractivity contribution >= 4 is 11.6 Å². The number of methoxy groups -OCH3 is 1. The summed E-state index contributed by atoms with van der Waals surface area (Å²) < 4.78 is 45.8. The Labute approximate surface area is 184 Å². The maximum Gasteiger partial charge on any atom is 0.417 e. The molecule has 0 bridgehead atoms. The van der Waals surface area contributed by atoms with Crippen LogP contribution >= 0.6 is 0 Å². The summed E-state index contributed by atoms with van der Waals surface area (Å²) in [6.07, 6.45) is -2.35. The van der Waals surface area contributed by atoms with E-state index in [9.17, 15) is 18.0 Å². The van der Waals surface area contributed by atoms with E-state index in [0.29, 0.717) is 50.6 Å². The normalized spacial score (nSPS) is 23.0. The molecule has 0 spiro atoms. The van der Waals surface area contributed by atoms with Crippen molar-refractivity contribution in [3.63, 3.8) is 0 Å². The molecule has 0 unspecified atom stereocenters. The number of halogens is 3. The summed E-state index contributed by atoms with van der Waals surface area (Å²) in [7, 11) is 1.62. The smallest absolute Gasteiger partial charge is 0.384 e. The molecule has 0 saturated carbocycles. The molecule has 168 valence electrons. The summed E-state index contributed by atoms with van der Waals surface area (Å²) in [6.45, 7) is 2.51. The van der Waals surface area contributed by atoms with Gasteiger partial charge in [-0.25, -0.2) is 0 Å². The van der Waals surface area contributed by atoms with Crippen molar-refractivity contribution in [1.29, 1.82) is 5.26 Å². The number of likely N-dealkylation sites (tertiary alicyclic amines) is 1. The van der Waals surface area contributed by atoms with Gasteiger partial charge < -0.3 is 14.5 Å². The third-order valence-electron chi connectivity index (χ3n) is 6.53. The molecule has 0 aliphatic carbocycles. The Hall–Kier alpha value is -3.12. The SMILES string of the molecule is COC[C@@]12CCN(c3ccc(C#N)c(C(F)(F)F)c3)C[C@@H]1CN(C(=O)c1ccccn1)C2. The molecule has 6 nitrogen and oxygen atoms in total. The van der Waals surface area contributed by atoms with Crippen LogP contribution in [0.25, 0.3) is 0 Å². The number of pyridine rings is 1. The van der Waals surface area contributed by atoms with Crippen molar-refractivity contribution in [3.8, 4) is 6.07 Å². The lowest BCUT2D eigenvalue weighted by Gasteiger charge is -2.44. The summed E-state index contributed by atoms with van der Waals surface area (Å²) in [6, 6.07) is 10.6. The number of aromatic nitrogens is 1. The van der Waals surface area contributed by atoms with Gasteiger partial charge in [-0.15, -0.1) is 0 Å². The van der Waals surface area contributed by atoms with Crippen molar-refractivity contribution in [1.82, 2.24) is 9.88 Å². The van der Waals surface area contributed by atoms with Crippen LogP contribution in [0.3, 0.4) is 0 Å². The van der Waals surface area contributed by atoms with Gasteiger partial charge in [0.25, 0.3) is 5.91 Å². The van der Waals surface area contributed by atoms with E-state index in [1.54, 1.807) is 48.5 Å². The maximum absolute atomic E-state index is 13.4. The zero-order valence-electron chi connectivity index (χ0n) is 17.6. The highest BCUT2D eigenvalue weighted by Gasteiger charge is 2.51. The molecule has 0 N–H and O–H groups in total. The number of carbonyl (C=O) groups excluding carboxylic acids is 1. The van der Waals surface area contributed by atoms with Crippen LogP contribution < -0.4 is 4.90 Å². The van der Waals surface area contributed by atoms with E-state index in [4.69, 9.17) is 10.00 Å². The summed E-state index contributed by atoms with van der Waals surface area (Å²) >= 11 is 0. The number of piperidine rings is 1. The second kappa shape index (κ2) is 8.43. The number of amides is 1. The number of benzene rings is 1. The molecule has 2 atom stereocenters. The Morgan fingerprint density at radius 2 is 2.12 bits per heavy atom. The predicted octanol–water partition coefficient (Wildman–Crippen LogP) is 3.59. The first kappa shape index (κ1) is 22.1. The molecule has 3 heterocycles. The highest BCUT2D eigenvalue weighted by molar-refractivity contribution is 5.92. The molecule has 2 aromatic rings. The number of fused-ring (bicyclic) bond motifs is 1. The molecule has 1 aromatic carbocycles. The minimum absolute atomic E-state index is 0.0360. The molecule has 4 rings (SSSR count). The lowest BCUT2D eigenvalue weighted by molar-refractivity contribution is -0.137. The number of rotatable bonds is 4. The van der Waals surface area contributed by atoms with Gasteiger partial charge in [-0.05, 0) is 36.8 Å². The summed E-state index contributed by atoms with van der Waals surface area (Å²) in [5, 5.41) is 9.05. The first-order chi connectivity index (χ1) is 15.3. The third kappa shape index (κ3) is 4.02. The zero-order chi connectivity index (χ0) is 22.9. The largest absolute Gasteiger partial charge is 0.417 e. The van der Waals surface area contributed by atoms with Crippen LogP contribution in [0.4, 0.5) is 18.9 Å². The Morgan fingerprint density at radius 1 is 1.31 bits per heavy atom. The molecule has 2 aliphatic rings. The Morgan fingerprint density at radius 3 is 2.78 bits per heavy atom. The Balaban J connectivity index is 1.58. The van der Waals surface area contributed by atoms with E-state index in [1.165, 1.54) is 6.07 Å². The van der Waals surface area contributed by atoms with Crippen molar-refractivity contribution in [2.24, 2.45) is 11.3 Å². The summed E-state index contributed by atoms with van der Waals surface area (Å²) in [5.74, 6) is -0.117. The number of anilines is 1. The van der Waals surface area contributed by atoms with Gasteiger partial charge in [-0.2, -0.15) is 18.4 Å². The van der Waals surface area contributed by atoms with E-state index >= 15 is 0 Å². The lowest BCUT2D eigenvalue weighted by Crippen LogP contribution is -2.49. The van der Waals surface area contributed by atoms with Gasteiger partial charge in [0.1, 0.15) is 5.69 Å². The van der Waals surface area contributed by atoms with Crippen molar-refractivity contribution in [3.05, 3.63) is 59.4 Å². The molecule has 1 aromatic heterocycles. The Kier molecular flexibility index (Phi) is 5.82. The van der Waals surface area contributed by atoms with Gasteiger partial charge in [0.15, 0.2) is 0 Å². The number of nitrogens with zero attached hydrogens (tertiary/aromatic N) is 4. The molecule has 2 fully saturated rings. The highest BCUT2D eigenvalue weighted by atomic mass is 19.4. The van der Waals surface area contributed by atoms with Crippen LogP contribution in [0.1, 0.15) is 28.0 Å². The monoisotopic (exact) mass is 444 g/mol. The van der Waals surface area contributed by atoms with Crippen molar-refractivity contribution < 1.29 is 22.7 Å². The van der Waals surface area contributed by atoms with E-state index < -0.39 is 11.7 Å². The summed E-state index contributed by atoms with van der Waals surface area (Å²) in [4.78, 5) is 20.8. The molecule has 32 heavy (non-hydrogen) atoms. The average molecular weight is 444 g/mol. The number of alkyl halides is 3. The number of hydrogen-bond donors (Lipinski definition) is 0. The maximum atomic E-state index is 13.4. The molecule has 2 saturated heterocycles. The van der Waals surface area contributed by atoms with Crippen LogP contribution in [0.15, 0.2) is 42.6 Å². The fourth-order valence-electron chi connectivity index (χ4n) is 4.91. The van der Waals surface area contributed by atoms with E-state index in [-0.39, 0.29) is 22.8 Å². The van der Waals surface area contributed by atoms with Gasteiger partial charge in [0.05, 0.1) is 23.8 Å². The highest BCUT2D eigenvalue weighted by Crippen LogP contribution is 2.45. The fraction of sp³-hybridized carbons (Fsp3) is 0.435. The van der Waals surface area contributed by atoms with Gasteiger partial charge >= 0.3 is 6.18 Å². The van der Waals surface area contributed by atoms with E-state index in [0.717, 1.165) is 6.07 Å². The number of carbonyl (C=O) groups is 1. The quantitative estimate of drug-likeness (QED) is 0.721. The first-order valence-corrected chi connectivity index (χ1v) is 10.3. The second-order valence-corrected chi connectivity index (χ2v) is 8.43. The molecule has 2 aliphatic heterocycles. The van der Waals surface area contributed by atoms with Gasteiger partial charge in [-0.1, -0.05) is 6.07 Å². The van der Waals surface area contributed by atoms with Gasteiger partial charge in [-0.3, -0.25) is 9.78 Å². The average Bonchev–Trinajstić information content (AvgIpc) is 3.17. The molecular formula is C23H23F3N4O2. The first-order valence-electron chi connectivity index (χ1n) is 10.3. The van der Waals surface area contributed by atoms with Crippen LogP contribution in [0, 0.1) is 22.7 Å². The van der Waals surface area contributed by atoms with Gasteiger partial charge in [0.2, 0.25) is 0 Å². The van der Waals surface area contributed by atoms with Crippen molar-refractivity contribution in [2.45, 2.75) is 12.6 Å². The van der Waals surface area contributed by atoms with E-state index in [1.807, 2.05) is 4.90 Å². The van der Waals surface area contributed by atoms with Crippen LogP contribution in [0.2, 0.25) is 0 Å². The number of ether oxygens (including phenoxy) is 1. The van der Waals surface area contributed by atoms with Crippen molar-refractivity contribution in [2.75, 3.05) is 44.8 Å². The topological polar surface area (TPSA) is 69.5 Å². The van der Waals surface area contributed by atoms with Crippen LogP contribution in [0.5, 0.6) is 0 Å². The van der Waals surface area contributed by atoms with Gasteiger partial charge in [0, 0.05) is 56.5 Å². The number of nitriles is 1. The Bertz CT molecular complexity index is 1040. The van der Waals surface area contributed by atoms with E-state index in [2.05, 4.69) is 4.98 Å². The van der Waals surface area contributed by atoms with Crippen LogP contribution in [-0.4, -0.2) is 55.7 Å². The lowest BCUT2D eigenvalue weighted by atomic mass is 9.73. The third-order valence-corrected chi connectivity index (χ3v) is 6.53. The standard InChI is InChI=1S/C23H23F3N4O2/c1-32-15-22-7-9-29(18-6-5-16(11-27)19(10-18)23(24,25)26)12-17(22)13-30(14-22)21(31)20-4-2-3-8-28-20/h2-6,8,10,17H,7,9,12-15H2,1H3/t17-,22+/m1/s1. The second-order valence-electron chi connectivity index (χ2n) is 8.43.